The molecule has 0 fully saturated rings. The summed E-state index contributed by atoms with van der Waals surface area (Å²) in [6.45, 7) is 0. The zero-order valence-corrected chi connectivity index (χ0v) is 15.1. The van der Waals surface area contributed by atoms with E-state index in [1.165, 1.54) is 0 Å². The fourth-order valence-corrected chi connectivity index (χ4v) is 2.85. The second-order valence-electron chi connectivity index (χ2n) is 5.86. The number of ether oxygens (including phenoxy) is 1. The molecule has 0 aliphatic heterocycles. The van der Waals surface area contributed by atoms with Crippen molar-refractivity contribution in [2.24, 2.45) is 0 Å². The lowest BCUT2D eigenvalue weighted by Gasteiger charge is -2.20. The number of pyridine rings is 1. The smallest absolute Gasteiger partial charge is 0.325 e. The molecule has 0 bridgehead atoms. The molecule has 1 N–H and O–H groups in total. The van der Waals surface area contributed by atoms with Crippen LogP contribution in [0, 0.1) is 0 Å². The molecule has 0 atom stereocenters. The number of nitrogens with zero attached hydrogens (tertiary/aromatic N) is 4. The van der Waals surface area contributed by atoms with Crippen molar-refractivity contribution in [3.05, 3.63) is 72.0 Å². The summed E-state index contributed by atoms with van der Waals surface area (Å²) in [4.78, 5) is 14.3. The molecule has 134 valence electrons. The molecular weight excluding hydrogens is 364 g/mol. The van der Waals surface area contributed by atoms with E-state index in [-0.39, 0.29) is 11.9 Å². The minimum absolute atomic E-state index is 0.0592. The Morgan fingerprint density at radius 2 is 1.81 bits per heavy atom. The van der Waals surface area contributed by atoms with Crippen molar-refractivity contribution >= 4 is 33.9 Å². The molecule has 2 aromatic heterocycles. The third kappa shape index (κ3) is 3.61. The Bertz CT molecular complexity index is 1100. The van der Waals surface area contributed by atoms with E-state index in [0.29, 0.717) is 21.7 Å². The van der Waals surface area contributed by atoms with Gasteiger partial charge in [0.2, 0.25) is 5.88 Å². The lowest BCUT2D eigenvalue weighted by atomic mass is 10.2. The highest BCUT2D eigenvalue weighted by Gasteiger charge is 2.09. The summed E-state index contributed by atoms with van der Waals surface area (Å²) in [5, 5.41) is 11.2. The van der Waals surface area contributed by atoms with E-state index in [0.717, 1.165) is 11.4 Å². The van der Waals surface area contributed by atoms with Crippen LogP contribution >= 0.6 is 11.6 Å². The summed E-state index contributed by atoms with van der Waals surface area (Å²) < 4.78 is 5.68. The van der Waals surface area contributed by atoms with E-state index in [1.54, 1.807) is 18.5 Å². The van der Waals surface area contributed by atoms with E-state index in [4.69, 9.17) is 16.3 Å². The molecule has 2 aromatic carbocycles. The number of hydrogen-bond acceptors (Lipinski definition) is 6. The summed E-state index contributed by atoms with van der Waals surface area (Å²) in [7, 11) is 1.96. The molecule has 0 aliphatic carbocycles. The van der Waals surface area contributed by atoms with Gasteiger partial charge in [0.15, 0.2) is 0 Å². The van der Waals surface area contributed by atoms with Gasteiger partial charge in [-0.15, -0.1) is 0 Å². The van der Waals surface area contributed by atoms with E-state index in [9.17, 15) is 5.11 Å². The molecule has 0 saturated heterocycles. The maximum atomic E-state index is 10.0. The second kappa shape index (κ2) is 7.09. The number of aromatic hydroxyl groups is 1. The van der Waals surface area contributed by atoms with Crippen LogP contribution in [0.2, 0.25) is 5.02 Å². The maximum absolute atomic E-state index is 10.0. The Kier molecular flexibility index (Phi) is 4.48. The van der Waals surface area contributed by atoms with Gasteiger partial charge >= 0.3 is 6.01 Å². The Balaban J connectivity index is 1.56. The quantitative estimate of drug-likeness (QED) is 0.542. The van der Waals surface area contributed by atoms with Gasteiger partial charge in [-0.1, -0.05) is 17.7 Å². The van der Waals surface area contributed by atoms with Gasteiger partial charge in [-0.05, 0) is 48.5 Å². The number of halogens is 1. The summed E-state index contributed by atoms with van der Waals surface area (Å²) in [5.41, 5.74) is 2.46. The number of rotatable bonds is 4. The summed E-state index contributed by atoms with van der Waals surface area (Å²) >= 11 is 6.06. The molecule has 2 heterocycles. The first-order valence-electron chi connectivity index (χ1n) is 8.18. The molecule has 0 radical (unpaired) electrons. The topological polar surface area (TPSA) is 71.4 Å². The van der Waals surface area contributed by atoms with Crippen molar-refractivity contribution in [3.8, 4) is 17.6 Å². The Morgan fingerprint density at radius 3 is 2.59 bits per heavy atom. The van der Waals surface area contributed by atoms with Crippen LogP contribution in [0.4, 0.5) is 11.4 Å². The normalized spacial score (nSPS) is 10.7. The third-order valence-electron chi connectivity index (χ3n) is 4.09. The van der Waals surface area contributed by atoms with Crippen molar-refractivity contribution in [3.63, 3.8) is 0 Å². The van der Waals surface area contributed by atoms with Crippen LogP contribution in [0.25, 0.3) is 10.9 Å². The van der Waals surface area contributed by atoms with Crippen molar-refractivity contribution in [2.45, 2.75) is 0 Å². The SMILES string of the molecule is CN(c1ccc(Oc2nc(O)c3ccncc3n2)cc1)c1cccc(Cl)c1. The lowest BCUT2D eigenvalue weighted by Crippen LogP contribution is -2.08. The molecule has 0 saturated carbocycles. The summed E-state index contributed by atoms with van der Waals surface area (Å²) in [6, 6.07) is 16.8. The van der Waals surface area contributed by atoms with E-state index >= 15 is 0 Å². The standard InChI is InChI=1S/C20H15ClN4O2/c1-25(15-4-2-3-13(21)11-15)14-5-7-16(8-6-14)27-20-23-18-12-22-10-9-17(18)19(26)24-20/h2-12H,1H3,(H,23,24,26). The Morgan fingerprint density at radius 1 is 1.00 bits per heavy atom. The van der Waals surface area contributed by atoms with Crippen molar-refractivity contribution in [2.75, 3.05) is 11.9 Å². The number of hydrogen-bond donors (Lipinski definition) is 1. The first-order valence-corrected chi connectivity index (χ1v) is 8.56. The van der Waals surface area contributed by atoms with Gasteiger partial charge in [-0.25, -0.2) is 0 Å². The van der Waals surface area contributed by atoms with Crippen molar-refractivity contribution < 1.29 is 9.84 Å². The lowest BCUT2D eigenvalue weighted by molar-refractivity contribution is 0.412. The second-order valence-corrected chi connectivity index (χ2v) is 6.29. The van der Waals surface area contributed by atoms with Gasteiger partial charge in [0.25, 0.3) is 0 Å². The van der Waals surface area contributed by atoms with Crippen LogP contribution in [0.3, 0.4) is 0 Å². The van der Waals surface area contributed by atoms with Gasteiger partial charge < -0.3 is 14.7 Å². The molecular formula is C20H15ClN4O2. The molecule has 27 heavy (non-hydrogen) atoms. The number of benzene rings is 2. The van der Waals surface area contributed by atoms with Crippen LogP contribution in [0.1, 0.15) is 0 Å². The Labute approximate surface area is 160 Å². The van der Waals surface area contributed by atoms with Crippen LogP contribution in [-0.2, 0) is 0 Å². The number of aromatic nitrogens is 3. The highest BCUT2D eigenvalue weighted by atomic mass is 35.5. The predicted molar refractivity (Wildman–Crippen MR) is 105 cm³/mol. The summed E-state index contributed by atoms with van der Waals surface area (Å²) in [5.74, 6) is 0.413. The molecule has 6 nitrogen and oxygen atoms in total. The summed E-state index contributed by atoms with van der Waals surface area (Å²) in [6.07, 6.45) is 3.12. The van der Waals surface area contributed by atoms with Gasteiger partial charge in [0.05, 0.1) is 17.1 Å². The third-order valence-corrected chi connectivity index (χ3v) is 4.32. The molecule has 0 amide bonds. The van der Waals surface area contributed by atoms with Gasteiger partial charge in [0, 0.05) is 29.6 Å². The average Bonchev–Trinajstić information content (AvgIpc) is 2.68. The fraction of sp³-hybridized carbons (Fsp3) is 0.0500. The van der Waals surface area contributed by atoms with Gasteiger partial charge in [0.1, 0.15) is 5.75 Å². The molecule has 7 heteroatoms. The first-order chi connectivity index (χ1) is 13.1. The maximum Gasteiger partial charge on any atom is 0.325 e. The minimum Gasteiger partial charge on any atom is -0.493 e. The van der Waals surface area contributed by atoms with E-state index in [2.05, 4.69) is 15.0 Å². The zero-order chi connectivity index (χ0) is 18.8. The molecule has 0 spiro atoms. The van der Waals surface area contributed by atoms with Crippen LogP contribution in [0.15, 0.2) is 67.0 Å². The zero-order valence-electron chi connectivity index (χ0n) is 14.4. The fourth-order valence-electron chi connectivity index (χ4n) is 2.67. The number of fused-ring (bicyclic) bond motifs is 1. The van der Waals surface area contributed by atoms with Gasteiger partial charge in [-0.2, -0.15) is 9.97 Å². The van der Waals surface area contributed by atoms with Crippen molar-refractivity contribution in [1.82, 2.24) is 15.0 Å². The largest absolute Gasteiger partial charge is 0.493 e. The van der Waals surface area contributed by atoms with Crippen molar-refractivity contribution in [1.29, 1.82) is 0 Å². The minimum atomic E-state index is -0.144. The van der Waals surface area contributed by atoms with E-state index < -0.39 is 0 Å². The van der Waals surface area contributed by atoms with Gasteiger partial charge in [-0.3, -0.25) is 4.98 Å². The average molecular weight is 379 g/mol. The molecule has 0 aliphatic rings. The van der Waals surface area contributed by atoms with E-state index in [1.807, 2.05) is 60.5 Å². The van der Waals surface area contributed by atoms with Crippen LogP contribution in [-0.4, -0.2) is 27.1 Å². The predicted octanol–water partition coefficient (Wildman–Crippen LogP) is 4.94. The highest BCUT2D eigenvalue weighted by molar-refractivity contribution is 6.30. The molecule has 4 aromatic rings. The highest BCUT2D eigenvalue weighted by Crippen LogP contribution is 2.29. The van der Waals surface area contributed by atoms with Crippen LogP contribution in [0.5, 0.6) is 17.6 Å². The molecule has 4 rings (SSSR count). The molecule has 0 unspecified atom stereocenters. The van der Waals surface area contributed by atoms with Crippen LogP contribution < -0.4 is 9.64 Å². The Hall–Kier alpha value is -3.38. The first kappa shape index (κ1) is 17.1. The number of anilines is 2. The monoisotopic (exact) mass is 378 g/mol.